The van der Waals surface area contributed by atoms with Crippen molar-refractivity contribution >= 4 is 17.0 Å². The van der Waals surface area contributed by atoms with E-state index in [9.17, 15) is 17.9 Å². The molecular weight excluding hydrogens is 223 g/mol. The summed E-state index contributed by atoms with van der Waals surface area (Å²) in [5.74, 6) is -1.88. The fourth-order valence-corrected chi connectivity index (χ4v) is 1.16. The van der Waals surface area contributed by atoms with E-state index in [4.69, 9.17) is 0 Å². The molecule has 0 heterocycles. The molecule has 1 aromatic carbocycles. The molecule has 0 aromatic heterocycles. The van der Waals surface area contributed by atoms with Crippen LogP contribution in [-0.2, 0) is 27.2 Å². The van der Waals surface area contributed by atoms with E-state index in [-0.39, 0.29) is 12.4 Å². The van der Waals surface area contributed by atoms with Crippen LogP contribution in [0.4, 0.5) is 4.39 Å². The molecule has 0 saturated heterocycles. The third-order valence-electron chi connectivity index (χ3n) is 1.55. The van der Waals surface area contributed by atoms with Gasteiger partial charge < -0.3 is 9.29 Å². The van der Waals surface area contributed by atoms with Crippen molar-refractivity contribution in [2.45, 2.75) is 6.61 Å². The summed E-state index contributed by atoms with van der Waals surface area (Å²) < 4.78 is 37.3. The van der Waals surface area contributed by atoms with Crippen LogP contribution in [0.25, 0.3) is 0 Å². The van der Waals surface area contributed by atoms with Crippen molar-refractivity contribution < 1.29 is 22.7 Å². The van der Waals surface area contributed by atoms with Crippen molar-refractivity contribution in [2.75, 3.05) is 5.75 Å². The third-order valence-corrected chi connectivity index (χ3v) is 2.02. The first-order chi connectivity index (χ1) is 7.08. The highest BCUT2D eigenvalue weighted by Crippen LogP contribution is 2.04. The van der Waals surface area contributed by atoms with Crippen LogP contribution >= 0.6 is 0 Å². The molecule has 0 saturated carbocycles. The van der Waals surface area contributed by atoms with Gasteiger partial charge in [-0.15, -0.1) is 0 Å². The molecule has 4 nitrogen and oxygen atoms in total. The molecule has 0 aliphatic rings. The van der Waals surface area contributed by atoms with Gasteiger partial charge in [0.2, 0.25) is 0 Å². The second-order valence-corrected chi connectivity index (χ2v) is 3.63. The van der Waals surface area contributed by atoms with Gasteiger partial charge >= 0.3 is 5.97 Å². The minimum atomic E-state index is -2.44. The van der Waals surface area contributed by atoms with Gasteiger partial charge in [0.1, 0.15) is 18.2 Å². The van der Waals surface area contributed by atoms with E-state index in [0.717, 1.165) is 0 Å². The first-order valence-corrected chi connectivity index (χ1v) is 5.28. The van der Waals surface area contributed by atoms with Crippen LogP contribution in [0.1, 0.15) is 5.56 Å². The first-order valence-electron chi connectivity index (χ1n) is 4.04. The summed E-state index contributed by atoms with van der Waals surface area (Å²) in [4.78, 5) is 10.8. The highest BCUT2D eigenvalue weighted by Gasteiger charge is 2.03. The minimum absolute atomic E-state index is 0.0592. The maximum Gasteiger partial charge on any atom is 0.317 e. The molecule has 1 aromatic rings. The monoisotopic (exact) mass is 231 g/mol. The second kappa shape index (κ2) is 5.57. The zero-order valence-corrected chi connectivity index (χ0v) is 8.46. The van der Waals surface area contributed by atoms with E-state index in [1.807, 2.05) is 0 Å². The van der Waals surface area contributed by atoms with Crippen molar-refractivity contribution in [3.05, 3.63) is 35.6 Å². The Kier molecular flexibility index (Phi) is 4.38. The largest absolute Gasteiger partial charge is 0.772 e. The molecule has 0 spiro atoms. The Morgan fingerprint density at radius 1 is 1.40 bits per heavy atom. The van der Waals surface area contributed by atoms with Gasteiger partial charge in [-0.25, -0.2) is 4.39 Å². The predicted molar refractivity (Wildman–Crippen MR) is 50.0 cm³/mol. The van der Waals surface area contributed by atoms with Crippen molar-refractivity contribution in [3.8, 4) is 0 Å². The molecule has 0 radical (unpaired) electrons. The third kappa shape index (κ3) is 4.66. The van der Waals surface area contributed by atoms with Gasteiger partial charge in [0, 0.05) is 0 Å². The molecule has 82 valence electrons. The van der Waals surface area contributed by atoms with Gasteiger partial charge in [-0.1, -0.05) is 12.1 Å². The lowest BCUT2D eigenvalue weighted by Crippen LogP contribution is -2.13. The molecule has 0 aliphatic carbocycles. The summed E-state index contributed by atoms with van der Waals surface area (Å²) in [7, 11) is 0. The number of esters is 1. The van der Waals surface area contributed by atoms with Gasteiger partial charge in [-0.3, -0.25) is 9.00 Å². The van der Waals surface area contributed by atoms with Crippen LogP contribution in [0.3, 0.4) is 0 Å². The number of carbonyl (C=O) groups is 1. The lowest BCUT2D eigenvalue weighted by molar-refractivity contribution is -0.141. The molecule has 0 N–H and O–H groups in total. The van der Waals surface area contributed by atoms with Crippen LogP contribution < -0.4 is 0 Å². The average molecular weight is 231 g/mol. The number of carbonyl (C=O) groups excluding carboxylic acids is 1. The highest BCUT2D eigenvalue weighted by molar-refractivity contribution is 7.79. The Labute approximate surface area is 88.3 Å². The van der Waals surface area contributed by atoms with Crippen LogP contribution in [0.15, 0.2) is 24.3 Å². The van der Waals surface area contributed by atoms with E-state index >= 15 is 0 Å². The van der Waals surface area contributed by atoms with Gasteiger partial charge in [-0.05, 0) is 28.8 Å². The van der Waals surface area contributed by atoms with Crippen molar-refractivity contribution in [1.29, 1.82) is 0 Å². The fourth-order valence-electron chi connectivity index (χ4n) is 0.882. The van der Waals surface area contributed by atoms with Crippen molar-refractivity contribution in [1.82, 2.24) is 0 Å². The Morgan fingerprint density at radius 2 is 2.00 bits per heavy atom. The molecule has 0 bridgehead atoms. The number of hydrogen-bond donors (Lipinski definition) is 0. The van der Waals surface area contributed by atoms with Crippen molar-refractivity contribution in [3.63, 3.8) is 0 Å². The molecule has 1 atom stereocenters. The van der Waals surface area contributed by atoms with Crippen molar-refractivity contribution in [2.24, 2.45) is 0 Å². The van der Waals surface area contributed by atoms with Crippen LogP contribution in [0, 0.1) is 5.82 Å². The number of rotatable bonds is 4. The zero-order chi connectivity index (χ0) is 11.3. The van der Waals surface area contributed by atoms with Gasteiger partial charge in [-0.2, -0.15) is 0 Å². The van der Waals surface area contributed by atoms with E-state index < -0.39 is 22.8 Å². The summed E-state index contributed by atoms with van der Waals surface area (Å²) in [5, 5.41) is 0. The highest BCUT2D eigenvalue weighted by atomic mass is 32.2. The van der Waals surface area contributed by atoms with E-state index in [1.165, 1.54) is 24.3 Å². The molecule has 6 heteroatoms. The molecular formula is C9H8FO4S-. The molecule has 1 unspecified atom stereocenters. The maximum absolute atomic E-state index is 12.5. The molecule has 0 fully saturated rings. The molecule has 15 heavy (non-hydrogen) atoms. The summed E-state index contributed by atoms with van der Waals surface area (Å²) in [6, 6.07) is 5.37. The summed E-state index contributed by atoms with van der Waals surface area (Å²) in [5.41, 5.74) is 0.599. The smallest absolute Gasteiger partial charge is 0.317 e. The Bertz CT molecular complexity index is 363. The van der Waals surface area contributed by atoms with E-state index in [2.05, 4.69) is 4.74 Å². The van der Waals surface area contributed by atoms with Gasteiger partial charge in [0.05, 0.1) is 0 Å². The molecule has 0 amide bonds. The normalized spacial score (nSPS) is 12.1. The summed E-state index contributed by atoms with van der Waals surface area (Å²) >= 11 is -2.44. The summed E-state index contributed by atoms with van der Waals surface area (Å²) in [6.07, 6.45) is 0. The SMILES string of the molecule is O=C(CS(=O)[O-])OCc1ccc(F)cc1. The number of halogens is 1. The number of benzene rings is 1. The van der Waals surface area contributed by atoms with E-state index in [1.54, 1.807) is 0 Å². The fraction of sp³-hybridized carbons (Fsp3) is 0.222. The molecule has 1 rings (SSSR count). The van der Waals surface area contributed by atoms with Gasteiger partial charge in [0.25, 0.3) is 0 Å². The lowest BCUT2D eigenvalue weighted by atomic mass is 10.2. The Balaban J connectivity index is 2.40. The standard InChI is InChI=1S/C9H9FO4S/c10-8-3-1-7(2-4-8)5-14-9(11)6-15(12)13/h1-4H,5-6H2,(H,12,13)/p-1. The van der Waals surface area contributed by atoms with Crippen LogP contribution in [0.5, 0.6) is 0 Å². The zero-order valence-electron chi connectivity index (χ0n) is 7.64. The average Bonchev–Trinajstić information content (AvgIpc) is 2.16. The Hall–Kier alpha value is -1.27. The van der Waals surface area contributed by atoms with Crippen LogP contribution in [-0.4, -0.2) is 20.5 Å². The molecule has 0 aliphatic heterocycles. The van der Waals surface area contributed by atoms with Crippen LogP contribution in [0.2, 0.25) is 0 Å². The Morgan fingerprint density at radius 3 is 2.53 bits per heavy atom. The van der Waals surface area contributed by atoms with Gasteiger partial charge in [0.15, 0.2) is 0 Å². The number of ether oxygens (including phenoxy) is 1. The first kappa shape index (κ1) is 11.8. The minimum Gasteiger partial charge on any atom is -0.772 e. The van der Waals surface area contributed by atoms with E-state index in [0.29, 0.717) is 5.56 Å². The topological polar surface area (TPSA) is 66.4 Å². The summed E-state index contributed by atoms with van der Waals surface area (Å²) in [6.45, 7) is -0.0592. The predicted octanol–water partition coefficient (Wildman–Crippen LogP) is 0.748. The lowest BCUT2D eigenvalue weighted by Gasteiger charge is -2.06. The number of hydrogen-bond acceptors (Lipinski definition) is 4. The second-order valence-electron chi connectivity index (χ2n) is 2.74. The quantitative estimate of drug-likeness (QED) is 0.566. The maximum atomic E-state index is 12.5.